The maximum atomic E-state index is 10.7. The first kappa shape index (κ1) is 17.6. The number of non-ortho nitro benzene ring substituents is 1. The van der Waals surface area contributed by atoms with Crippen molar-refractivity contribution in [2.75, 3.05) is 20.3 Å². The zero-order valence-corrected chi connectivity index (χ0v) is 13.5. The second-order valence-electron chi connectivity index (χ2n) is 4.60. The van der Waals surface area contributed by atoms with Crippen molar-refractivity contribution in [1.29, 1.82) is 0 Å². The van der Waals surface area contributed by atoms with Gasteiger partial charge in [-0.2, -0.15) is 0 Å². The highest BCUT2D eigenvalue weighted by Crippen LogP contribution is 2.29. The lowest BCUT2D eigenvalue weighted by atomic mass is 10.2. The number of carbonyl (C=O) groups is 1. The number of halogens is 1. The summed E-state index contributed by atoms with van der Waals surface area (Å²) < 4.78 is 16.1. The molecule has 0 saturated heterocycles. The van der Waals surface area contributed by atoms with Crippen LogP contribution in [-0.2, 0) is 0 Å². The molecule has 0 aliphatic carbocycles. The quantitative estimate of drug-likeness (QED) is 0.313. The Labute approximate surface area is 142 Å². The number of aldehydes is 1. The maximum absolute atomic E-state index is 10.7. The Balaban J connectivity index is 1.91. The lowest BCUT2D eigenvalue weighted by Gasteiger charge is -2.12. The van der Waals surface area contributed by atoms with Crippen molar-refractivity contribution in [2.45, 2.75) is 0 Å². The predicted octanol–water partition coefficient (Wildman–Crippen LogP) is 3.53. The fourth-order valence-electron chi connectivity index (χ4n) is 1.90. The molecular weight excluding hydrogens is 338 g/mol. The van der Waals surface area contributed by atoms with Crippen LogP contribution in [0.15, 0.2) is 36.4 Å². The van der Waals surface area contributed by atoms with Crippen LogP contribution < -0.4 is 14.2 Å². The average Bonchev–Trinajstić information content (AvgIpc) is 2.59. The number of rotatable bonds is 8. The van der Waals surface area contributed by atoms with Crippen LogP contribution in [0.4, 0.5) is 5.69 Å². The largest absolute Gasteiger partial charge is 0.493 e. The fraction of sp³-hybridized carbons (Fsp3) is 0.188. The molecular formula is C16H14ClNO6. The van der Waals surface area contributed by atoms with Gasteiger partial charge >= 0.3 is 0 Å². The highest BCUT2D eigenvalue weighted by atomic mass is 35.5. The third kappa shape index (κ3) is 4.36. The zero-order valence-electron chi connectivity index (χ0n) is 12.7. The number of hydrogen-bond donors (Lipinski definition) is 0. The van der Waals surface area contributed by atoms with E-state index in [2.05, 4.69) is 0 Å². The molecule has 0 atom stereocenters. The number of methoxy groups -OCH3 is 1. The molecule has 24 heavy (non-hydrogen) atoms. The Morgan fingerprint density at radius 1 is 1.08 bits per heavy atom. The molecule has 2 rings (SSSR count). The normalized spacial score (nSPS) is 10.1. The van der Waals surface area contributed by atoms with E-state index in [1.165, 1.54) is 25.3 Å². The van der Waals surface area contributed by atoms with E-state index < -0.39 is 4.92 Å². The SMILES string of the molecule is COc1cc(C=O)ccc1OCCOc1ccc([N+](=O)[O-])cc1Cl. The summed E-state index contributed by atoms with van der Waals surface area (Å²) >= 11 is 5.93. The monoisotopic (exact) mass is 351 g/mol. The number of nitrogens with zero attached hydrogens (tertiary/aromatic N) is 1. The minimum atomic E-state index is -0.534. The Morgan fingerprint density at radius 2 is 1.75 bits per heavy atom. The molecule has 0 spiro atoms. The molecule has 0 amide bonds. The van der Waals surface area contributed by atoms with Gasteiger partial charge in [-0.1, -0.05) is 11.6 Å². The number of nitro groups is 1. The van der Waals surface area contributed by atoms with Crippen LogP contribution >= 0.6 is 11.6 Å². The summed E-state index contributed by atoms with van der Waals surface area (Å²) in [4.78, 5) is 20.8. The Hall–Kier alpha value is -2.80. The van der Waals surface area contributed by atoms with Gasteiger partial charge in [-0.25, -0.2) is 0 Å². The molecule has 126 valence electrons. The fourth-order valence-corrected chi connectivity index (χ4v) is 2.13. The van der Waals surface area contributed by atoms with E-state index in [-0.39, 0.29) is 23.9 Å². The van der Waals surface area contributed by atoms with Crippen molar-refractivity contribution >= 4 is 23.6 Å². The summed E-state index contributed by atoms with van der Waals surface area (Å²) in [6.45, 7) is 0.375. The van der Waals surface area contributed by atoms with Gasteiger partial charge in [0, 0.05) is 17.7 Å². The number of benzene rings is 2. The van der Waals surface area contributed by atoms with Crippen LogP contribution in [0, 0.1) is 10.1 Å². The highest BCUT2D eigenvalue weighted by molar-refractivity contribution is 6.32. The summed E-state index contributed by atoms with van der Waals surface area (Å²) in [5, 5.41) is 10.8. The second kappa shape index (κ2) is 8.16. The minimum absolute atomic E-state index is 0.108. The molecule has 0 heterocycles. The predicted molar refractivity (Wildman–Crippen MR) is 87.5 cm³/mol. The molecule has 0 radical (unpaired) electrons. The number of nitro benzene ring substituents is 1. The number of hydrogen-bond acceptors (Lipinski definition) is 6. The van der Waals surface area contributed by atoms with E-state index in [9.17, 15) is 14.9 Å². The van der Waals surface area contributed by atoms with Gasteiger partial charge in [0.1, 0.15) is 25.2 Å². The molecule has 0 bridgehead atoms. The van der Waals surface area contributed by atoms with Crippen LogP contribution in [0.2, 0.25) is 5.02 Å². The van der Waals surface area contributed by atoms with Gasteiger partial charge in [0.25, 0.3) is 5.69 Å². The average molecular weight is 352 g/mol. The molecule has 0 unspecified atom stereocenters. The van der Waals surface area contributed by atoms with Gasteiger partial charge < -0.3 is 14.2 Å². The summed E-state index contributed by atoms with van der Waals surface area (Å²) in [6, 6.07) is 8.76. The topological polar surface area (TPSA) is 87.9 Å². The second-order valence-corrected chi connectivity index (χ2v) is 5.00. The summed E-state index contributed by atoms with van der Waals surface area (Å²) in [6.07, 6.45) is 0.714. The first-order chi connectivity index (χ1) is 11.5. The van der Waals surface area contributed by atoms with Gasteiger partial charge in [0.2, 0.25) is 0 Å². The Bertz CT molecular complexity index is 749. The van der Waals surface area contributed by atoms with Crippen LogP contribution in [0.1, 0.15) is 10.4 Å². The molecule has 0 N–H and O–H groups in total. The van der Waals surface area contributed by atoms with Gasteiger partial charge in [-0.05, 0) is 24.3 Å². The van der Waals surface area contributed by atoms with Crippen molar-refractivity contribution in [1.82, 2.24) is 0 Å². The Morgan fingerprint density at radius 3 is 2.33 bits per heavy atom. The van der Waals surface area contributed by atoms with Crippen LogP contribution in [0.5, 0.6) is 17.2 Å². The van der Waals surface area contributed by atoms with Gasteiger partial charge in [0.05, 0.1) is 17.1 Å². The van der Waals surface area contributed by atoms with E-state index in [0.717, 1.165) is 0 Å². The lowest BCUT2D eigenvalue weighted by molar-refractivity contribution is -0.384. The molecule has 0 fully saturated rings. The Kier molecular flexibility index (Phi) is 5.97. The number of carbonyl (C=O) groups excluding carboxylic acids is 1. The standard InChI is InChI=1S/C16H14ClNO6/c1-22-16-8-11(10-19)2-4-15(16)24-7-6-23-14-5-3-12(18(20)21)9-13(14)17/h2-5,8-10H,6-7H2,1H3. The third-order valence-electron chi connectivity index (χ3n) is 3.05. The highest BCUT2D eigenvalue weighted by Gasteiger charge is 2.10. The molecule has 2 aromatic rings. The van der Waals surface area contributed by atoms with E-state index in [1.54, 1.807) is 18.2 Å². The maximum Gasteiger partial charge on any atom is 0.271 e. The van der Waals surface area contributed by atoms with Gasteiger partial charge in [-0.15, -0.1) is 0 Å². The first-order valence-electron chi connectivity index (χ1n) is 6.88. The van der Waals surface area contributed by atoms with Crippen LogP contribution in [-0.4, -0.2) is 31.5 Å². The van der Waals surface area contributed by atoms with Crippen LogP contribution in [0.3, 0.4) is 0 Å². The van der Waals surface area contributed by atoms with Crippen molar-refractivity contribution < 1.29 is 23.9 Å². The summed E-state index contributed by atoms with van der Waals surface area (Å²) in [5.41, 5.74) is 0.372. The molecule has 7 nitrogen and oxygen atoms in total. The van der Waals surface area contributed by atoms with Crippen molar-refractivity contribution in [3.8, 4) is 17.2 Å². The molecule has 2 aromatic carbocycles. The summed E-state index contributed by atoms with van der Waals surface area (Å²) in [7, 11) is 1.48. The van der Waals surface area contributed by atoms with Gasteiger partial charge in [0.15, 0.2) is 11.5 Å². The molecule has 0 aliphatic rings. The number of ether oxygens (including phenoxy) is 3. The first-order valence-corrected chi connectivity index (χ1v) is 7.25. The lowest BCUT2D eigenvalue weighted by Crippen LogP contribution is -2.10. The van der Waals surface area contributed by atoms with E-state index >= 15 is 0 Å². The molecule has 0 aliphatic heterocycles. The van der Waals surface area contributed by atoms with E-state index in [0.29, 0.717) is 29.1 Å². The van der Waals surface area contributed by atoms with Crippen molar-refractivity contribution in [3.05, 3.63) is 57.1 Å². The summed E-state index contributed by atoms with van der Waals surface area (Å²) in [5.74, 6) is 1.24. The van der Waals surface area contributed by atoms with E-state index in [4.69, 9.17) is 25.8 Å². The smallest absolute Gasteiger partial charge is 0.271 e. The van der Waals surface area contributed by atoms with Crippen LogP contribution in [0.25, 0.3) is 0 Å². The zero-order chi connectivity index (χ0) is 17.5. The van der Waals surface area contributed by atoms with Gasteiger partial charge in [-0.3, -0.25) is 14.9 Å². The van der Waals surface area contributed by atoms with Crippen molar-refractivity contribution in [2.24, 2.45) is 0 Å². The molecule has 8 heteroatoms. The minimum Gasteiger partial charge on any atom is -0.493 e. The third-order valence-corrected chi connectivity index (χ3v) is 3.34. The molecule has 0 saturated carbocycles. The molecule has 0 aromatic heterocycles. The van der Waals surface area contributed by atoms with Crippen molar-refractivity contribution in [3.63, 3.8) is 0 Å². The van der Waals surface area contributed by atoms with E-state index in [1.807, 2.05) is 0 Å².